The van der Waals surface area contributed by atoms with Crippen molar-refractivity contribution in [2.45, 2.75) is 91.0 Å². The van der Waals surface area contributed by atoms with Gasteiger partial charge in [0.05, 0.1) is 12.1 Å². The summed E-state index contributed by atoms with van der Waals surface area (Å²) in [5.74, 6) is -0.138. The molecule has 0 saturated carbocycles. The van der Waals surface area contributed by atoms with Crippen molar-refractivity contribution in [3.8, 4) is 0 Å². The molecule has 9 nitrogen and oxygen atoms in total. The number of amides is 2. The molecule has 1 aliphatic heterocycles. The first kappa shape index (κ1) is 24.3. The van der Waals surface area contributed by atoms with Crippen LogP contribution in [0.3, 0.4) is 0 Å². The van der Waals surface area contributed by atoms with Crippen LogP contribution >= 0.6 is 0 Å². The fourth-order valence-corrected chi connectivity index (χ4v) is 3.46. The highest BCUT2D eigenvalue weighted by Crippen LogP contribution is 2.27. The van der Waals surface area contributed by atoms with E-state index in [1.165, 1.54) is 0 Å². The third kappa shape index (κ3) is 5.37. The first-order valence-corrected chi connectivity index (χ1v) is 10.7. The van der Waals surface area contributed by atoms with Gasteiger partial charge in [-0.1, -0.05) is 48.5 Å². The summed E-state index contributed by atoms with van der Waals surface area (Å²) in [5, 5.41) is 21.8. The number of likely N-dealkylation sites (tertiary alicyclic amines) is 1. The molecule has 4 atom stereocenters. The van der Waals surface area contributed by atoms with Crippen LogP contribution in [0.15, 0.2) is 4.42 Å². The van der Waals surface area contributed by atoms with Crippen LogP contribution in [-0.4, -0.2) is 56.7 Å². The summed E-state index contributed by atoms with van der Waals surface area (Å²) in [6.45, 7) is 13.9. The third-order valence-corrected chi connectivity index (χ3v) is 5.54. The molecule has 0 aliphatic carbocycles. The van der Waals surface area contributed by atoms with Gasteiger partial charge >= 0.3 is 0 Å². The summed E-state index contributed by atoms with van der Waals surface area (Å²) in [6, 6.07) is -1.87. The Labute approximate surface area is 178 Å². The van der Waals surface area contributed by atoms with Crippen molar-refractivity contribution < 1.29 is 19.1 Å². The van der Waals surface area contributed by atoms with Gasteiger partial charge in [0.2, 0.25) is 23.6 Å². The highest BCUT2D eigenvalue weighted by molar-refractivity contribution is 5.90. The summed E-state index contributed by atoms with van der Waals surface area (Å²) in [5.41, 5.74) is 5.68. The van der Waals surface area contributed by atoms with Gasteiger partial charge in [-0.25, -0.2) is 0 Å². The second-order valence-electron chi connectivity index (χ2n) is 9.88. The second-order valence-corrected chi connectivity index (χ2v) is 9.88. The van der Waals surface area contributed by atoms with Crippen LogP contribution in [-0.2, 0) is 15.0 Å². The molecule has 2 amide bonds. The number of aliphatic hydroxyl groups excluding tert-OH is 1. The summed E-state index contributed by atoms with van der Waals surface area (Å²) in [7, 11) is 0. The standard InChI is InChI=1S/C21H37N5O4/c1-11(2)14(22)19(29)26-10-8-9-13(26)17(28)23-15(12(3)4)16(27)18-24-25-20(30-18)21(5,6)7/h11-16,27H,8-10,22H2,1-7H3,(H,23,28)/t13-,14-,15-,16-/m0/s1. The maximum atomic E-state index is 13.0. The van der Waals surface area contributed by atoms with Crippen molar-refractivity contribution in [3.05, 3.63) is 11.8 Å². The Balaban J connectivity index is 2.15. The smallest absolute Gasteiger partial charge is 0.247 e. The second kappa shape index (κ2) is 9.43. The van der Waals surface area contributed by atoms with Gasteiger partial charge in [0, 0.05) is 12.0 Å². The molecule has 2 rings (SSSR count). The molecule has 1 aromatic rings. The van der Waals surface area contributed by atoms with Gasteiger partial charge in [-0.2, -0.15) is 0 Å². The van der Waals surface area contributed by atoms with Crippen LogP contribution in [0.2, 0.25) is 0 Å². The fraction of sp³-hybridized carbons (Fsp3) is 0.810. The Morgan fingerprint density at radius 1 is 1.20 bits per heavy atom. The van der Waals surface area contributed by atoms with Crippen molar-refractivity contribution in [1.82, 2.24) is 20.4 Å². The number of aromatic nitrogens is 2. The zero-order valence-electron chi connectivity index (χ0n) is 19.2. The fourth-order valence-electron chi connectivity index (χ4n) is 3.46. The van der Waals surface area contributed by atoms with E-state index in [-0.39, 0.29) is 35.0 Å². The van der Waals surface area contributed by atoms with Gasteiger partial charge in [0.15, 0.2) is 6.10 Å². The number of carbonyl (C=O) groups is 2. The number of hydrogen-bond acceptors (Lipinski definition) is 7. The van der Waals surface area contributed by atoms with Crippen molar-refractivity contribution in [2.24, 2.45) is 17.6 Å². The quantitative estimate of drug-likeness (QED) is 0.605. The molecule has 170 valence electrons. The molecule has 2 heterocycles. The van der Waals surface area contributed by atoms with E-state index in [2.05, 4.69) is 15.5 Å². The zero-order chi connectivity index (χ0) is 22.8. The molecular formula is C21H37N5O4. The van der Waals surface area contributed by atoms with Gasteiger partial charge < -0.3 is 25.5 Å². The molecule has 0 bridgehead atoms. The summed E-state index contributed by atoms with van der Waals surface area (Å²) < 4.78 is 5.66. The van der Waals surface area contributed by atoms with Crippen LogP contribution in [0.25, 0.3) is 0 Å². The Kier molecular flexibility index (Phi) is 7.63. The molecule has 1 aliphatic rings. The average Bonchev–Trinajstić information content (AvgIpc) is 3.32. The van der Waals surface area contributed by atoms with E-state index < -0.39 is 24.2 Å². The van der Waals surface area contributed by atoms with Crippen LogP contribution in [0, 0.1) is 11.8 Å². The van der Waals surface area contributed by atoms with E-state index in [0.717, 1.165) is 6.42 Å². The number of nitrogens with one attached hydrogen (secondary N) is 1. The molecule has 9 heteroatoms. The molecule has 0 aromatic carbocycles. The summed E-state index contributed by atoms with van der Waals surface area (Å²) in [4.78, 5) is 27.3. The molecule has 0 radical (unpaired) electrons. The van der Waals surface area contributed by atoms with Crippen molar-refractivity contribution in [1.29, 1.82) is 0 Å². The van der Waals surface area contributed by atoms with Gasteiger partial charge in [0.1, 0.15) is 6.04 Å². The molecular weight excluding hydrogens is 386 g/mol. The van der Waals surface area contributed by atoms with E-state index in [9.17, 15) is 14.7 Å². The number of nitrogens with zero attached hydrogens (tertiary/aromatic N) is 3. The van der Waals surface area contributed by atoms with Gasteiger partial charge in [-0.15, -0.1) is 10.2 Å². The predicted octanol–water partition coefficient (Wildman–Crippen LogP) is 1.52. The van der Waals surface area contributed by atoms with Crippen LogP contribution in [0.4, 0.5) is 0 Å². The molecule has 4 N–H and O–H groups in total. The summed E-state index contributed by atoms with van der Waals surface area (Å²) in [6.07, 6.45) is 0.154. The normalized spacial score (nSPS) is 20.5. The molecule has 1 saturated heterocycles. The number of carbonyl (C=O) groups excluding carboxylic acids is 2. The lowest BCUT2D eigenvalue weighted by atomic mass is 9.97. The lowest BCUT2D eigenvalue weighted by Gasteiger charge is -2.31. The van der Waals surface area contributed by atoms with Gasteiger partial charge in [0.25, 0.3) is 0 Å². The SMILES string of the molecule is CC(C)[C@H](N)C(=O)N1CCC[C@H]1C(=O)N[C@@H](C(C)C)[C@H](O)c1nnc(C(C)(C)C)o1. The van der Waals surface area contributed by atoms with Crippen molar-refractivity contribution in [2.75, 3.05) is 6.54 Å². The Morgan fingerprint density at radius 3 is 2.33 bits per heavy atom. The first-order valence-electron chi connectivity index (χ1n) is 10.7. The number of rotatable bonds is 7. The Morgan fingerprint density at radius 2 is 1.83 bits per heavy atom. The topological polar surface area (TPSA) is 135 Å². The van der Waals surface area contributed by atoms with Crippen LogP contribution in [0.1, 0.15) is 79.2 Å². The van der Waals surface area contributed by atoms with E-state index in [0.29, 0.717) is 18.9 Å². The largest absolute Gasteiger partial charge is 0.422 e. The maximum absolute atomic E-state index is 13.0. The molecule has 1 fully saturated rings. The maximum Gasteiger partial charge on any atom is 0.247 e. The number of aliphatic hydroxyl groups is 1. The minimum absolute atomic E-state index is 0.0124. The summed E-state index contributed by atoms with van der Waals surface area (Å²) >= 11 is 0. The van der Waals surface area contributed by atoms with Gasteiger partial charge in [-0.3, -0.25) is 9.59 Å². The van der Waals surface area contributed by atoms with E-state index >= 15 is 0 Å². The Hall–Kier alpha value is -2.00. The number of nitrogens with two attached hydrogens (primary N) is 1. The monoisotopic (exact) mass is 423 g/mol. The van der Waals surface area contributed by atoms with Crippen molar-refractivity contribution >= 4 is 11.8 Å². The molecule has 0 unspecified atom stereocenters. The third-order valence-electron chi connectivity index (χ3n) is 5.54. The minimum atomic E-state index is -1.15. The first-order chi connectivity index (χ1) is 13.8. The lowest BCUT2D eigenvalue weighted by Crippen LogP contribution is -2.55. The Bertz CT molecular complexity index is 740. The van der Waals surface area contributed by atoms with E-state index in [1.54, 1.807) is 4.90 Å². The average molecular weight is 424 g/mol. The highest BCUT2D eigenvalue weighted by atomic mass is 16.4. The van der Waals surface area contributed by atoms with Crippen molar-refractivity contribution in [3.63, 3.8) is 0 Å². The minimum Gasteiger partial charge on any atom is -0.422 e. The lowest BCUT2D eigenvalue weighted by molar-refractivity contribution is -0.140. The molecule has 30 heavy (non-hydrogen) atoms. The van der Waals surface area contributed by atoms with Crippen LogP contribution < -0.4 is 11.1 Å². The zero-order valence-corrected chi connectivity index (χ0v) is 19.2. The highest BCUT2D eigenvalue weighted by Gasteiger charge is 2.39. The number of hydrogen-bond donors (Lipinski definition) is 3. The molecule has 0 spiro atoms. The van der Waals surface area contributed by atoms with E-state index in [4.69, 9.17) is 10.2 Å². The predicted molar refractivity (Wildman–Crippen MR) is 112 cm³/mol. The van der Waals surface area contributed by atoms with E-state index in [1.807, 2.05) is 48.5 Å². The van der Waals surface area contributed by atoms with Gasteiger partial charge in [-0.05, 0) is 24.7 Å². The van der Waals surface area contributed by atoms with Crippen LogP contribution in [0.5, 0.6) is 0 Å². The molecule has 1 aromatic heterocycles.